The van der Waals surface area contributed by atoms with Gasteiger partial charge in [0, 0.05) is 41.8 Å². The number of anilines is 1. The number of esters is 1. The molecule has 31 heavy (non-hydrogen) atoms. The molecule has 0 aliphatic rings. The second-order valence-corrected chi connectivity index (χ2v) is 7.49. The lowest BCUT2D eigenvalue weighted by molar-refractivity contribution is 0.0601. The molecule has 0 unspecified atom stereocenters. The third-order valence-electron chi connectivity index (χ3n) is 4.83. The smallest absolute Gasteiger partial charge is 0.338 e. The Morgan fingerprint density at radius 2 is 2.00 bits per heavy atom. The molecular weight excluding hydrogens is 414 g/mol. The SMILES string of the molecule is COC(=O)c1ccncc1-c1cccc(NCCCNC[C@@H](O)c2cccc(Cl)c2)c1. The van der Waals surface area contributed by atoms with Crippen LogP contribution in [0.4, 0.5) is 5.69 Å². The summed E-state index contributed by atoms with van der Waals surface area (Å²) in [5.74, 6) is -0.387. The van der Waals surface area contributed by atoms with Crippen LogP contribution in [0, 0.1) is 0 Å². The lowest BCUT2D eigenvalue weighted by Gasteiger charge is -2.13. The topological polar surface area (TPSA) is 83.5 Å². The van der Waals surface area contributed by atoms with Gasteiger partial charge in [0.05, 0.1) is 18.8 Å². The molecule has 3 aromatic rings. The van der Waals surface area contributed by atoms with Gasteiger partial charge in [0.1, 0.15) is 0 Å². The molecule has 0 saturated heterocycles. The van der Waals surface area contributed by atoms with Gasteiger partial charge in [-0.3, -0.25) is 4.98 Å². The summed E-state index contributed by atoms with van der Waals surface area (Å²) in [6, 6.07) is 16.8. The normalized spacial score (nSPS) is 11.7. The van der Waals surface area contributed by atoms with Gasteiger partial charge in [-0.25, -0.2) is 4.79 Å². The number of carbonyl (C=O) groups is 1. The number of hydrogen-bond acceptors (Lipinski definition) is 6. The van der Waals surface area contributed by atoms with Crippen LogP contribution >= 0.6 is 11.6 Å². The lowest BCUT2D eigenvalue weighted by atomic mass is 10.0. The average Bonchev–Trinajstić information content (AvgIpc) is 2.80. The first-order valence-electron chi connectivity index (χ1n) is 10.1. The Hall–Kier alpha value is -2.93. The fraction of sp³-hybridized carbons (Fsp3) is 0.250. The molecule has 162 valence electrons. The number of pyridine rings is 1. The summed E-state index contributed by atoms with van der Waals surface area (Å²) in [5, 5.41) is 17.5. The first-order chi connectivity index (χ1) is 15.1. The predicted molar refractivity (Wildman–Crippen MR) is 123 cm³/mol. The fourth-order valence-electron chi connectivity index (χ4n) is 3.23. The van der Waals surface area contributed by atoms with Gasteiger partial charge in [-0.15, -0.1) is 0 Å². The number of ether oxygens (including phenoxy) is 1. The van der Waals surface area contributed by atoms with Gasteiger partial charge in [-0.2, -0.15) is 0 Å². The Kier molecular flexibility index (Phi) is 8.41. The number of aliphatic hydroxyl groups excluding tert-OH is 1. The first-order valence-corrected chi connectivity index (χ1v) is 10.5. The van der Waals surface area contributed by atoms with E-state index in [-0.39, 0.29) is 5.97 Å². The van der Waals surface area contributed by atoms with Gasteiger partial charge in [0.15, 0.2) is 0 Å². The molecule has 7 heteroatoms. The quantitative estimate of drug-likeness (QED) is 0.322. The van der Waals surface area contributed by atoms with Crippen LogP contribution < -0.4 is 10.6 Å². The predicted octanol–water partition coefficient (Wildman–Crippen LogP) is 4.31. The Bertz CT molecular complexity index is 1010. The maximum absolute atomic E-state index is 12.0. The zero-order valence-electron chi connectivity index (χ0n) is 17.3. The van der Waals surface area contributed by atoms with Crippen LogP contribution in [0.25, 0.3) is 11.1 Å². The number of carbonyl (C=O) groups excluding carboxylic acids is 1. The van der Waals surface area contributed by atoms with E-state index in [9.17, 15) is 9.90 Å². The third kappa shape index (κ3) is 6.52. The van der Waals surface area contributed by atoms with Crippen LogP contribution in [0.3, 0.4) is 0 Å². The molecule has 0 bridgehead atoms. The molecule has 0 radical (unpaired) electrons. The largest absolute Gasteiger partial charge is 0.465 e. The molecule has 1 heterocycles. The van der Waals surface area contributed by atoms with Crippen molar-refractivity contribution in [2.75, 3.05) is 32.1 Å². The van der Waals surface area contributed by atoms with Crippen molar-refractivity contribution < 1.29 is 14.6 Å². The van der Waals surface area contributed by atoms with Gasteiger partial charge in [-0.1, -0.05) is 35.9 Å². The highest BCUT2D eigenvalue weighted by molar-refractivity contribution is 6.30. The van der Waals surface area contributed by atoms with E-state index < -0.39 is 6.10 Å². The molecule has 2 aromatic carbocycles. The van der Waals surface area contributed by atoms with Crippen molar-refractivity contribution in [2.24, 2.45) is 0 Å². The minimum atomic E-state index is -0.591. The second-order valence-electron chi connectivity index (χ2n) is 7.05. The fourth-order valence-corrected chi connectivity index (χ4v) is 3.42. The van der Waals surface area contributed by atoms with Gasteiger partial charge in [0.25, 0.3) is 0 Å². The summed E-state index contributed by atoms with van der Waals surface area (Å²) >= 11 is 5.97. The van der Waals surface area contributed by atoms with E-state index >= 15 is 0 Å². The Balaban J connectivity index is 1.48. The Morgan fingerprint density at radius 1 is 1.16 bits per heavy atom. The summed E-state index contributed by atoms with van der Waals surface area (Å²) in [6.07, 6.45) is 3.54. The number of aliphatic hydroxyl groups is 1. The van der Waals surface area contributed by atoms with Crippen LogP contribution in [0.5, 0.6) is 0 Å². The molecule has 0 amide bonds. The van der Waals surface area contributed by atoms with Crippen molar-refractivity contribution in [2.45, 2.75) is 12.5 Å². The average molecular weight is 440 g/mol. The van der Waals surface area contributed by atoms with E-state index in [0.717, 1.165) is 41.9 Å². The van der Waals surface area contributed by atoms with E-state index in [4.69, 9.17) is 16.3 Å². The number of nitrogens with zero attached hydrogens (tertiary/aromatic N) is 1. The van der Waals surface area contributed by atoms with Crippen molar-refractivity contribution in [1.29, 1.82) is 0 Å². The highest BCUT2D eigenvalue weighted by Gasteiger charge is 2.13. The molecule has 3 N–H and O–H groups in total. The third-order valence-corrected chi connectivity index (χ3v) is 5.07. The molecular formula is C24H26ClN3O3. The number of hydrogen-bond donors (Lipinski definition) is 3. The minimum absolute atomic E-state index is 0.387. The molecule has 3 rings (SSSR count). The van der Waals surface area contributed by atoms with Crippen LogP contribution in [0.2, 0.25) is 5.02 Å². The van der Waals surface area contributed by atoms with Crippen molar-refractivity contribution in [3.63, 3.8) is 0 Å². The van der Waals surface area contributed by atoms with Crippen LogP contribution in [-0.4, -0.2) is 42.8 Å². The van der Waals surface area contributed by atoms with Crippen LogP contribution in [-0.2, 0) is 4.74 Å². The highest BCUT2D eigenvalue weighted by Crippen LogP contribution is 2.26. The maximum Gasteiger partial charge on any atom is 0.338 e. The summed E-state index contributed by atoms with van der Waals surface area (Å²) in [4.78, 5) is 16.2. The van der Waals surface area contributed by atoms with Gasteiger partial charge in [-0.05, 0) is 54.4 Å². The van der Waals surface area contributed by atoms with Gasteiger partial charge in [0.2, 0.25) is 0 Å². The van der Waals surface area contributed by atoms with Crippen molar-refractivity contribution in [1.82, 2.24) is 10.3 Å². The summed E-state index contributed by atoms with van der Waals surface area (Å²) in [6.45, 7) is 1.99. The summed E-state index contributed by atoms with van der Waals surface area (Å²) < 4.78 is 4.87. The molecule has 0 fully saturated rings. The zero-order chi connectivity index (χ0) is 22.1. The number of methoxy groups -OCH3 is 1. The van der Waals surface area contributed by atoms with E-state index in [1.165, 1.54) is 7.11 Å². The summed E-state index contributed by atoms with van der Waals surface area (Å²) in [7, 11) is 1.37. The number of aromatic nitrogens is 1. The van der Waals surface area contributed by atoms with E-state index in [1.54, 1.807) is 30.6 Å². The van der Waals surface area contributed by atoms with Crippen molar-refractivity contribution in [3.05, 3.63) is 83.1 Å². The van der Waals surface area contributed by atoms with Crippen LogP contribution in [0.15, 0.2) is 67.0 Å². The van der Waals surface area contributed by atoms with Gasteiger partial charge < -0.3 is 20.5 Å². The number of halogens is 1. The van der Waals surface area contributed by atoms with E-state index in [1.807, 2.05) is 36.4 Å². The molecule has 1 aromatic heterocycles. The first kappa shape index (κ1) is 22.7. The second kappa shape index (κ2) is 11.5. The monoisotopic (exact) mass is 439 g/mol. The van der Waals surface area contributed by atoms with Crippen molar-refractivity contribution >= 4 is 23.3 Å². The number of nitrogens with one attached hydrogen (secondary N) is 2. The minimum Gasteiger partial charge on any atom is -0.465 e. The molecule has 0 aliphatic carbocycles. The standard InChI is InChI=1S/C24H26ClN3O3/c1-31-24(30)21-9-12-27-15-22(21)17-5-3-8-20(14-17)28-11-4-10-26-16-23(29)18-6-2-7-19(25)13-18/h2-3,5-9,12-15,23,26,28-29H,4,10-11,16H2,1H3/t23-/m1/s1. The van der Waals surface area contributed by atoms with E-state index in [0.29, 0.717) is 17.1 Å². The zero-order valence-corrected chi connectivity index (χ0v) is 18.1. The van der Waals surface area contributed by atoms with Crippen molar-refractivity contribution in [3.8, 4) is 11.1 Å². The molecule has 0 aliphatic heterocycles. The molecule has 0 saturated carbocycles. The highest BCUT2D eigenvalue weighted by atomic mass is 35.5. The number of rotatable bonds is 10. The van der Waals surface area contributed by atoms with Gasteiger partial charge >= 0.3 is 5.97 Å². The molecule has 6 nitrogen and oxygen atoms in total. The Labute approximate surface area is 187 Å². The number of benzene rings is 2. The summed E-state index contributed by atoms with van der Waals surface area (Å²) in [5.41, 5.74) is 3.86. The van der Waals surface area contributed by atoms with E-state index in [2.05, 4.69) is 15.6 Å². The Morgan fingerprint density at radius 3 is 2.81 bits per heavy atom. The molecule has 1 atom stereocenters. The maximum atomic E-state index is 12.0. The lowest BCUT2D eigenvalue weighted by Crippen LogP contribution is -2.24. The molecule has 0 spiro atoms. The van der Waals surface area contributed by atoms with Crippen LogP contribution in [0.1, 0.15) is 28.4 Å².